The van der Waals surface area contributed by atoms with Crippen LogP contribution in [0.5, 0.6) is 0 Å². The molecule has 2 radical (unpaired) electrons. The van der Waals surface area contributed by atoms with Gasteiger partial charge in [-0.2, -0.15) is 0 Å². The Balaban J connectivity index is -0.0000000779. The minimum Gasteiger partial charge on any atom is -0.358 e. The Morgan fingerprint density at radius 1 is 0.459 bits per heavy atom. The normalized spacial score (nSPS) is 21.1. The minimum absolute atomic E-state index is 0. The summed E-state index contributed by atoms with van der Waals surface area (Å²) in [6.07, 6.45) is 29.6. The maximum atomic E-state index is 2.46. The van der Waals surface area contributed by atoms with E-state index >= 15 is 0 Å². The number of unbranched alkanes of at least 4 members (excludes halogenated alkanes) is 9. The summed E-state index contributed by atoms with van der Waals surface area (Å²) in [5.74, 6) is 4.21. The van der Waals surface area contributed by atoms with Crippen LogP contribution in [-0.4, -0.2) is 0 Å². The predicted octanol–water partition coefficient (Wildman–Crippen LogP) is 13.9. The van der Waals surface area contributed by atoms with Gasteiger partial charge in [0.15, 0.2) is 0 Å². The van der Waals surface area contributed by atoms with Crippen LogP contribution in [0.3, 0.4) is 0 Å². The third kappa shape index (κ3) is 34.3. The Bertz CT molecular complexity index is 331. The average molecular weight is 677 g/mol. The first-order chi connectivity index (χ1) is 15.7. The first-order valence-corrected chi connectivity index (χ1v) is 15.7. The first-order valence-electron chi connectivity index (χ1n) is 15.7. The summed E-state index contributed by atoms with van der Waals surface area (Å²) in [6, 6.07) is 0. The van der Waals surface area contributed by atoms with Crippen molar-refractivity contribution in [1.82, 2.24) is 0 Å². The Hall–Kier alpha value is 2.21. The van der Waals surface area contributed by atoms with Crippen molar-refractivity contribution >= 4 is 0 Å². The Labute approximate surface area is 292 Å². The summed E-state index contributed by atoms with van der Waals surface area (Å²) in [6.45, 7) is 17.5. The zero-order valence-electron chi connectivity index (χ0n) is 27.6. The molecule has 2 unspecified atom stereocenters. The van der Waals surface area contributed by atoms with Crippen molar-refractivity contribution in [1.29, 1.82) is 0 Å². The Morgan fingerprint density at radius 3 is 1.16 bits per heavy atom. The number of hydrogen-bond acceptors (Lipinski definition) is 0. The van der Waals surface area contributed by atoms with Gasteiger partial charge in [-0.1, -0.05) is 191 Å². The average Bonchev–Trinajstić information content (AvgIpc) is 3.25. The van der Waals surface area contributed by atoms with Gasteiger partial charge in [-0.15, -0.1) is 0 Å². The molecule has 2 fully saturated rings. The molecule has 2 heteroatoms. The summed E-state index contributed by atoms with van der Waals surface area (Å²) in [4.78, 5) is 0. The van der Waals surface area contributed by atoms with Gasteiger partial charge >= 0.3 is 0 Å². The molecule has 0 aromatic rings. The van der Waals surface area contributed by atoms with Crippen LogP contribution in [0.15, 0.2) is 0 Å². The third-order valence-electron chi connectivity index (χ3n) is 7.94. The van der Waals surface area contributed by atoms with E-state index < -0.39 is 0 Å². The molecule has 0 aromatic heterocycles. The van der Waals surface area contributed by atoms with E-state index in [1.54, 1.807) is 0 Å². The third-order valence-corrected chi connectivity index (χ3v) is 7.94. The monoisotopic (exact) mass is 676 g/mol. The molecule has 0 amide bonds. The molecule has 0 nitrogen and oxygen atoms in total. The van der Waals surface area contributed by atoms with Crippen molar-refractivity contribution in [3.05, 3.63) is 14.9 Å². The van der Waals surface area contributed by atoms with Crippen LogP contribution < -0.4 is 0 Å². The fourth-order valence-corrected chi connectivity index (χ4v) is 5.67. The van der Waals surface area contributed by atoms with Gasteiger partial charge in [-0.3, -0.25) is 0 Å². The molecule has 0 saturated heterocycles. The van der Waals surface area contributed by atoms with Gasteiger partial charge < -0.3 is 14.9 Å². The molecule has 2 aliphatic carbocycles. The first kappa shape index (κ1) is 55.2. The molecule has 2 aliphatic rings. The van der Waals surface area contributed by atoms with Crippen LogP contribution in [0.4, 0.5) is 0 Å². The second-order valence-electron chi connectivity index (χ2n) is 10.4. The smallest absolute Gasteiger partial charge is 0 e. The standard InChI is InChI=1S/C16H32.C12H24.2C2H6.CH4.2CH3.2Y/c1-3-4-5-6-7-8-9-10-13-16-14-11-12-15(16)2;1-3-4-5-9-12-10-7-6-8-11(12)2;2*1-2;;;;;/h15-16H,3-14H2,1-2H3;11-12H,3-10H2,1-2H3;2*1-2H3;1H4;2*1H3;;/q;;;;;2*-1;;/t15-,16?;11-,12?;;;;;;;/m00......./s1. The molecule has 0 heterocycles. The summed E-state index contributed by atoms with van der Waals surface area (Å²) in [5.41, 5.74) is 0. The van der Waals surface area contributed by atoms with Crippen molar-refractivity contribution < 1.29 is 65.4 Å². The zero-order chi connectivity index (χ0) is 24.5. The van der Waals surface area contributed by atoms with E-state index in [1.807, 2.05) is 27.7 Å². The van der Waals surface area contributed by atoms with Crippen molar-refractivity contribution in [2.75, 3.05) is 0 Å². The van der Waals surface area contributed by atoms with E-state index in [-0.39, 0.29) is 87.7 Å². The fraction of sp³-hybridized carbons (Fsp3) is 0.943. The van der Waals surface area contributed by atoms with Crippen LogP contribution in [0.2, 0.25) is 0 Å². The van der Waals surface area contributed by atoms with E-state index in [0.717, 1.165) is 23.7 Å². The summed E-state index contributed by atoms with van der Waals surface area (Å²) in [7, 11) is 0. The van der Waals surface area contributed by atoms with E-state index in [4.69, 9.17) is 0 Å². The van der Waals surface area contributed by atoms with Crippen LogP contribution in [0.25, 0.3) is 0 Å². The summed E-state index contributed by atoms with van der Waals surface area (Å²) < 4.78 is 0. The van der Waals surface area contributed by atoms with Crippen LogP contribution in [0, 0.1) is 38.5 Å². The van der Waals surface area contributed by atoms with Crippen LogP contribution >= 0.6 is 0 Å². The molecule has 4 atom stereocenters. The quantitative estimate of drug-likeness (QED) is 0.135. The second-order valence-corrected chi connectivity index (χ2v) is 10.4. The van der Waals surface area contributed by atoms with Gasteiger partial charge in [-0.05, 0) is 23.7 Å². The second kappa shape index (κ2) is 45.2. The van der Waals surface area contributed by atoms with E-state index in [2.05, 4.69) is 27.7 Å². The maximum absolute atomic E-state index is 2.46. The molecule has 2 rings (SSSR count). The van der Waals surface area contributed by atoms with E-state index in [9.17, 15) is 0 Å². The number of rotatable bonds is 13. The molecular formula is C35H78Y2-2. The fourth-order valence-electron chi connectivity index (χ4n) is 5.67. The number of hydrogen-bond donors (Lipinski definition) is 0. The van der Waals surface area contributed by atoms with E-state index in [1.165, 1.54) is 128 Å². The topological polar surface area (TPSA) is 0 Å². The SMILES string of the molecule is C.CC.CC.CCCCCC1CCCC[C@@H]1C.CCCCCCCCCCC1CCC[C@@H]1C.[CH3-].[CH3-].[Y].[Y]. The molecule has 0 spiro atoms. The van der Waals surface area contributed by atoms with Gasteiger partial charge in [0.05, 0.1) is 0 Å². The molecule has 0 aliphatic heterocycles. The van der Waals surface area contributed by atoms with Crippen LogP contribution in [0.1, 0.15) is 191 Å². The molecule has 0 N–H and O–H groups in total. The van der Waals surface area contributed by atoms with Gasteiger partial charge in [0.25, 0.3) is 0 Å². The van der Waals surface area contributed by atoms with Gasteiger partial charge in [-0.25, -0.2) is 0 Å². The largest absolute Gasteiger partial charge is 0.358 e. The molecule has 0 aromatic carbocycles. The maximum Gasteiger partial charge on any atom is 0 e. The Morgan fingerprint density at radius 2 is 0.757 bits per heavy atom. The van der Waals surface area contributed by atoms with Gasteiger partial charge in [0, 0.05) is 65.4 Å². The Kier molecular flexibility index (Phi) is 67.4. The van der Waals surface area contributed by atoms with Crippen LogP contribution in [-0.2, 0) is 65.4 Å². The van der Waals surface area contributed by atoms with Gasteiger partial charge in [0.1, 0.15) is 0 Å². The van der Waals surface area contributed by atoms with Crippen molar-refractivity contribution in [2.24, 2.45) is 23.7 Å². The summed E-state index contributed by atoms with van der Waals surface area (Å²) >= 11 is 0. The molecule has 0 bridgehead atoms. The molecule has 37 heavy (non-hydrogen) atoms. The minimum atomic E-state index is 0. The van der Waals surface area contributed by atoms with E-state index in [0.29, 0.717) is 0 Å². The molecule has 226 valence electrons. The molecule has 2 saturated carbocycles. The zero-order valence-corrected chi connectivity index (χ0v) is 33.3. The molecular weight excluding hydrogens is 598 g/mol. The van der Waals surface area contributed by atoms with Gasteiger partial charge in [0.2, 0.25) is 0 Å². The van der Waals surface area contributed by atoms with Crippen molar-refractivity contribution in [3.63, 3.8) is 0 Å². The van der Waals surface area contributed by atoms with Crippen molar-refractivity contribution in [2.45, 2.75) is 191 Å². The summed E-state index contributed by atoms with van der Waals surface area (Å²) in [5, 5.41) is 0. The van der Waals surface area contributed by atoms with Crippen molar-refractivity contribution in [3.8, 4) is 0 Å². The predicted molar refractivity (Wildman–Crippen MR) is 171 cm³/mol.